The minimum atomic E-state index is 0.176. The van der Waals surface area contributed by atoms with Crippen molar-refractivity contribution in [2.75, 3.05) is 13.1 Å². The first-order valence-electron chi connectivity index (χ1n) is 7.65. The highest BCUT2D eigenvalue weighted by Crippen LogP contribution is 2.26. The normalized spacial score (nSPS) is 19.0. The number of nitrogens with zero attached hydrogens (tertiary/aromatic N) is 4. The van der Waals surface area contributed by atoms with Gasteiger partial charge in [-0.3, -0.25) is 4.90 Å². The van der Waals surface area contributed by atoms with Crippen molar-refractivity contribution < 1.29 is 4.74 Å². The molecule has 0 radical (unpaired) electrons. The Kier molecular flexibility index (Phi) is 4.64. The molecule has 2 aromatic rings. The van der Waals surface area contributed by atoms with E-state index < -0.39 is 0 Å². The van der Waals surface area contributed by atoms with E-state index in [0.29, 0.717) is 11.1 Å². The maximum atomic E-state index is 6.15. The molecule has 0 spiro atoms. The van der Waals surface area contributed by atoms with Crippen molar-refractivity contribution in [3.8, 4) is 5.75 Å². The van der Waals surface area contributed by atoms with Crippen LogP contribution in [0.5, 0.6) is 5.75 Å². The Bertz CT molecular complexity index is 628. The van der Waals surface area contributed by atoms with Gasteiger partial charge >= 0.3 is 0 Å². The summed E-state index contributed by atoms with van der Waals surface area (Å²) in [5, 5.41) is 4.95. The van der Waals surface area contributed by atoms with Gasteiger partial charge in [-0.1, -0.05) is 23.7 Å². The molecule has 0 bridgehead atoms. The fourth-order valence-corrected chi connectivity index (χ4v) is 2.96. The van der Waals surface area contributed by atoms with Crippen molar-refractivity contribution in [1.29, 1.82) is 0 Å². The zero-order valence-corrected chi connectivity index (χ0v) is 13.7. The summed E-state index contributed by atoms with van der Waals surface area (Å²) in [5.74, 6) is 1.77. The smallest absolute Gasteiger partial charge is 0.141 e. The molecular weight excluding hydrogens is 300 g/mol. The minimum Gasteiger partial charge on any atom is -0.487 e. The van der Waals surface area contributed by atoms with Crippen molar-refractivity contribution >= 4 is 11.6 Å². The lowest BCUT2D eigenvalue weighted by molar-refractivity contribution is 0.196. The summed E-state index contributed by atoms with van der Waals surface area (Å²) >= 11 is 6.15. The highest BCUT2D eigenvalue weighted by atomic mass is 35.5. The standard InChI is InChI=1S/C16H21ClN4O/c1-12(2)21-16(18-11-19-21)10-20-8-7-13(9-20)22-15-6-4-3-5-14(15)17/h3-6,11-13H,7-10H2,1-2H3. The van der Waals surface area contributed by atoms with Crippen LogP contribution in [-0.2, 0) is 6.54 Å². The van der Waals surface area contributed by atoms with Crippen molar-refractivity contribution in [2.45, 2.75) is 39.0 Å². The first-order valence-corrected chi connectivity index (χ1v) is 8.03. The number of ether oxygens (including phenoxy) is 1. The third-order valence-corrected chi connectivity index (χ3v) is 4.17. The lowest BCUT2D eigenvalue weighted by Crippen LogP contribution is -2.26. The SMILES string of the molecule is CC(C)n1ncnc1CN1CCC(Oc2ccccc2Cl)C1. The molecule has 1 aliphatic heterocycles. The van der Waals surface area contributed by atoms with Gasteiger partial charge in [0.05, 0.1) is 11.6 Å². The molecule has 6 heteroatoms. The predicted octanol–water partition coefficient (Wildman–Crippen LogP) is 3.17. The van der Waals surface area contributed by atoms with Gasteiger partial charge in [-0.05, 0) is 32.4 Å². The van der Waals surface area contributed by atoms with Crippen LogP contribution in [0.4, 0.5) is 0 Å². The summed E-state index contributed by atoms with van der Waals surface area (Å²) in [4.78, 5) is 6.72. The Hall–Kier alpha value is -1.59. The second kappa shape index (κ2) is 6.67. The summed E-state index contributed by atoms with van der Waals surface area (Å²) in [6.07, 6.45) is 2.81. The topological polar surface area (TPSA) is 43.2 Å². The number of benzene rings is 1. The Labute approximate surface area is 135 Å². The van der Waals surface area contributed by atoms with Crippen LogP contribution >= 0.6 is 11.6 Å². The molecule has 1 saturated heterocycles. The summed E-state index contributed by atoms with van der Waals surface area (Å²) in [6, 6.07) is 7.96. The number of rotatable bonds is 5. The quantitative estimate of drug-likeness (QED) is 0.848. The van der Waals surface area contributed by atoms with E-state index in [1.807, 2.05) is 28.9 Å². The van der Waals surface area contributed by atoms with Crippen molar-refractivity contribution in [1.82, 2.24) is 19.7 Å². The highest BCUT2D eigenvalue weighted by Gasteiger charge is 2.26. The van der Waals surface area contributed by atoms with Gasteiger partial charge < -0.3 is 4.74 Å². The van der Waals surface area contributed by atoms with Gasteiger partial charge in [0.15, 0.2) is 0 Å². The molecule has 1 unspecified atom stereocenters. The van der Waals surface area contributed by atoms with Gasteiger partial charge in [0.25, 0.3) is 0 Å². The van der Waals surface area contributed by atoms with E-state index in [9.17, 15) is 0 Å². The Balaban J connectivity index is 1.58. The third kappa shape index (κ3) is 3.42. The maximum Gasteiger partial charge on any atom is 0.141 e. The number of aromatic nitrogens is 3. The zero-order valence-electron chi connectivity index (χ0n) is 12.9. The van der Waals surface area contributed by atoms with Crippen LogP contribution in [0.1, 0.15) is 32.1 Å². The molecule has 0 saturated carbocycles. The maximum absolute atomic E-state index is 6.15. The predicted molar refractivity (Wildman–Crippen MR) is 86.2 cm³/mol. The Morgan fingerprint density at radius 1 is 1.36 bits per heavy atom. The Morgan fingerprint density at radius 3 is 2.95 bits per heavy atom. The molecule has 0 amide bonds. The first-order chi connectivity index (χ1) is 10.6. The van der Waals surface area contributed by atoms with Crippen LogP contribution < -0.4 is 4.74 Å². The van der Waals surface area contributed by atoms with Gasteiger partial charge in [0.2, 0.25) is 0 Å². The molecule has 118 valence electrons. The van der Waals surface area contributed by atoms with Gasteiger partial charge in [0, 0.05) is 19.1 Å². The number of para-hydroxylation sites is 1. The van der Waals surface area contributed by atoms with Gasteiger partial charge in [0.1, 0.15) is 24.0 Å². The van der Waals surface area contributed by atoms with Crippen LogP contribution in [0.3, 0.4) is 0 Å². The molecule has 1 aliphatic rings. The fourth-order valence-electron chi connectivity index (χ4n) is 2.78. The average molecular weight is 321 g/mol. The van der Waals surface area contributed by atoms with E-state index >= 15 is 0 Å². The van der Waals surface area contributed by atoms with Crippen LogP contribution in [0.25, 0.3) is 0 Å². The second-order valence-corrected chi connectivity index (χ2v) is 6.32. The molecule has 0 N–H and O–H groups in total. The molecule has 1 aromatic carbocycles. The monoisotopic (exact) mass is 320 g/mol. The minimum absolute atomic E-state index is 0.176. The summed E-state index contributed by atoms with van der Waals surface area (Å²) in [7, 11) is 0. The van der Waals surface area contributed by atoms with Crippen LogP contribution in [0.15, 0.2) is 30.6 Å². The van der Waals surface area contributed by atoms with E-state index in [4.69, 9.17) is 16.3 Å². The van der Waals surface area contributed by atoms with Crippen LogP contribution in [0, 0.1) is 0 Å². The average Bonchev–Trinajstić information content (AvgIpc) is 3.11. The van der Waals surface area contributed by atoms with Gasteiger partial charge in [-0.25, -0.2) is 9.67 Å². The third-order valence-electron chi connectivity index (χ3n) is 3.86. The molecule has 3 rings (SSSR count). The van der Waals surface area contributed by atoms with E-state index in [1.54, 1.807) is 6.33 Å². The summed E-state index contributed by atoms with van der Waals surface area (Å²) in [5.41, 5.74) is 0. The zero-order chi connectivity index (χ0) is 15.5. The van der Waals surface area contributed by atoms with E-state index in [-0.39, 0.29) is 6.10 Å². The molecule has 22 heavy (non-hydrogen) atoms. The first kappa shape index (κ1) is 15.3. The summed E-state index contributed by atoms with van der Waals surface area (Å²) < 4.78 is 7.99. The van der Waals surface area contributed by atoms with E-state index in [0.717, 1.165) is 37.6 Å². The van der Waals surface area contributed by atoms with Gasteiger partial charge in [-0.2, -0.15) is 5.10 Å². The molecule has 5 nitrogen and oxygen atoms in total. The molecule has 1 fully saturated rings. The number of halogens is 1. The fraction of sp³-hybridized carbons (Fsp3) is 0.500. The number of hydrogen-bond donors (Lipinski definition) is 0. The number of hydrogen-bond acceptors (Lipinski definition) is 4. The lowest BCUT2D eigenvalue weighted by Gasteiger charge is -2.18. The summed E-state index contributed by atoms with van der Waals surface area (Å²) in [6.45, 7) is 6.92. The highest BCUT2D eigenvalue weighted by molar-refractivity contribution is 6.32. The van der Waals surface area contributed by atoms with Crippen LogP contribution in [0.2, 0.25) is 5.02 Å². The lowest BCUT2D eigenvalue weighted by atomic mass is 10.3. The molecular formula is C16H21ClN4O. The van der Waals surface area contributed by atoms with Crippen LogP contribution in [-0.4, -0.2) is 38.9 Å². The van der Waals surface area contributed by atoms with Crippen molar-refractivity contribution in [3.05, 3.63) is 41.4 Å². The number of likely N-dealkylation sites (tertiary alicyclic amines) is 1. The molecule has 1 aromatic heterocycles. The van der Waals surface area contributed by atoms with Crippen molar-refractivity contribution in [2.24, 2.45) is 0 Å². The largest absolute Gasteiger partial charge is 0.487 e. The molecule has 0 aliphatic carbocycles. The van der Waals surface area contributed by atoms with Crippen molar-refractivity contribution in [3.63, 3.8) is 0 Å². The van der Waals surface area contributed by atoms with Gasteiger partial charge in [-0.15, -0.1) is 0 Å². The Morgan fingerprint density at radius 2 is 2.18 bits per heavy atom. The molecule has 1 atom stereocenters. The van der Waals surface area contributed by atoms with E-state index in [1.165, 1.54) is 0 Å². The molecule has 2 heterocycles. The second-order valence-electron chi connectivity index (χ2n) is 5.91. The van der Waals surface area contributed by atoms with E-state index in [2.05, 4.69) is 28.8 Å².